The number of rotatable bonds is 8. The van der Waals surface area contributed by atoms with Crippen molar-refractivity contribution in [1.29, 1.82) is 0 Å². The first-order valence-electron chi connectivity index (χ1n) is 7.00. The summed E-state index contributed by atoms with van der Waals surface area (Å²) in [6.45, 7) is 6.91. The molecular weight excluding hydrogens is 274 g/mol. The molecule has 112 valence electrons. The summed E-state index contributed by atoms with van der Waals surface area (Å²) in [7, 11) is 0. The van der Waals surface area contributed by atoms with Crippen molar-refractivity contribution in [2.45, 2.75) is 40.0 Å². The van der Waals surface area contributed by atoms with Gasteiger partial charge in [0.15, 0.2) is 5.13 Å². The average molecular weight is 297 g/mol. The monoisotopic (exact) mass is 297 g/mol. The van der Waals surface area contributed by atoms with Crippen LogP contribution in [0.15, 0.2) is 11.6 Å². The van der Waals surface area contributed by atoms with Gasteiger partial charge in [-0.3, -0.25) is 9.59 Å². The highest BCUT2D eigenvalue weighted by Gasteiger charge is 2.17. The molecule has 1 N–H and O–H groups in total. The number of hydrogen-bond donors (Lipinski definition) is 1. The number of anilines is 1. The van der Waals surface area contributed by atoms with Crippen molar-refractivity contribution in [3.8, 4) is 0 Å². The Labute approximate surface area is 124 Å². The van der Waals surface area contributed by atoms with Gasteiger partial charge in [0.05, 0.1) is 6.54 Å². The molecule has 1 aromatic rings. The molecule has 0 saturated carbocycles. The van der Waals surface area contributed by atoms with Crippen molar-refractivity contribution in [1.82, 2.24) is 9.88 Å². The van der Waals surface area contributed by atoms with Crippen molar-refractivity contribution in [3.05, 3.63) is 11.6 Å². The minimum absolute atomic E-state index is 0.0439. The van der Waals surface area contributed by atoms with E-state index in [1.165, 1.54) is 11.3 Å². The molecule has 20 heavy (non-hydrogen) atoms. The van der Waals surface area contributed by atoms with Crippen molar-refractivity contribution >= 4 is 28.3 Å². The molecule has 2 amide bonds. The van der Waals surface area contributed by atoms with Gasteiger partial charge in [0, 0.05) is 24.5 Å². The first kappa shape index (κ1) is 16.6. The van der Waals surface area contributed by atoms with Crippen LogP contribution in [0.3, 0.4) is 0 Å². The molecule has 0 unspecified atom stereocenters. The van der Waals surface area contributed by atoms with E-state index in [1.807, 2.05) is 6.92 Å². The molecule has 0 fully saturated rings. The SMILES string of the molecule is CCCC(=O)N(CCC(C)C)CC(=O)Nc1nccs1. The molecule has 5 nitrogen and oxygen atoms in total. The first-order chi connectivity index (χ1) is 9.52. The van der Waals surface area contributed by atoms with E-state index >= 15 is 0 Å². The highest BCUT2D eigenvalue weighted by molar-refractivity contribution is 7.13. The number of aromatic nitrogens is 1. The van der Waals surface area contributed by atoms with E-state index < -0.39 is 0 Å². The van der Waals surface area contributed by atoms with Gasteiger partial charge in [0.2, 0.25) is 11.8 Å². The quantitative estimate of drug-likeness (QED) is 0.802. The summed E-state index contributed by atoms with van der Waals surface area (Å²) in [5.74, 6) is 0.365. The molecule has 1 heterocycles. The normalized spacial score (nSPS) is 10.6. The summed E-state index contributed by atoms with van der Waals surface area (Å²) in [6.07, 6.45) is 3.83. The predicted molar refractivity (Wildman–Crippen MR) is 81.7 cm³/mol. The van der Waals surface area contributed by atoms with Crippen molar-refractivity contribution in [2.24, 2.45) is 5.92 Å². The molecule has 1 aromatic heterocycles. The molecule has 0 radical (unpaired) electrons. The zero-order valence-electron chi connectivity index (χ0n) is 12.4. The van der Waals surface area contributed by atoms with Gasteiger partial charge in [0.25, 0.3) is 0 Å². The average Bonchev–Trinajstić information content (AvgIpc) is 2.87. The molecule has 6 heteroatoms. The lowest BCUT2D eigenvalue weighted by Gasteiger charge is -2.22. The second kappa shape index (κ2) is 8.68. The minimum atomic E-state index is -0.187. The van der Waals surface area contributed by atoms with E-state index in [-0.39, 0.29) is 18.4 Å². The maximum atomic E-state index is 12.0. The summed E-state index contributed by atoms with van der Waals surface area (Å²) >= 11 is 1.37. The number of hydrogen-bond acceptors (Lipinski definition) is 4. The van der Waals surface area contributed by atoms with E-state index in [4.69, 9.17) is 0 Å². The number of nitrogens with zero attached hydrogens (tertiary/aromatic N) is 2. The largest absolute Gasteiger partial charge is 0.333 e. The maximum absolute atomic E-state index is 12.0. The van der Waals surface area contributed by atoms with Crippen LogP contribution in [0.4, 0.5) is 5.13 Å². The van der Waals surface area contributed by atoms with Crippen LogP contribution >= 0.6 is 11.3 Å². The Hall–Kier alpha value is -1.43. The smallest absolute Gasteiger partial charge is 0.245 e. The third-order valence-corrected chi connectivity index (χ3v) is 3.49. The first-order valence-corrected chi connectivity index (χ1v) is 7.88. The fraction of sp³-hybridized carbons (Fsp3) is 0.643. The number of nitrogens with one attached hydrogen (secondary N) is 1. The Morgan fingerprint density at radius 2 is 2.20 bits per heavy atom. The number of thiazole rings is 1. The predicted octanol–water partition coefficient (Wildman–Crippen LogP) is 2.76. The van der Waals surface area contributed by atoms with Gasteiger partial charge in [0.1, 0.15) is 0 Å². The Morgan fingerprint density at radius 3 is 2.75 bits per heavy atom. The van der Waals surface area contributed by atoms with Crippen molar-refractivity contribution in [3.63, 3.8) is 0 Å². The summed E-state index contributed by atoms with van der Waals surface area (Å²) in [4.78, 5) is 29.6. The zero-order valence-corrected chi connectivity index (χ0v) is 13.2. The summed E-state index contributed by atoms with van der Waals surface area (Å²) in [5.41, 5.74) is 0. The van der Waals surface area contributed by atoms with Gasteiger partial charge >= 0.3 is 0 Å². The van der Waals surface area contributed by atoms with E-state index in [2.05, 4.69) is 24.1 Å². The molecule has 0 saturated heterocycles. The van der Waals surface area contributed by atoms with Crippen LogP contribution in [0.25, 0.3) is 0 Å². The third-order valence-electron chi connectivity index (χ3n) is 2.81. The molecule has 0 aromatic carbocycles. The van der Waals surface area contributed by atoms with Crippen LogP contribution in [0.2, 0.25) is 0 Å². The Kier molecular flexibility index (Phi) is 7.22. The Morgan fingerprint density at radius 1 is 1.45 bits per heavy atom. The lowest BCUT2D eigenvalue weighted by molar-refractivity contribution is -0.134. The maximum Gasteiger partial charge on any atom is 0.245 e. The lowest BCUT2D eigenvalue weighted by Crippen LogP contribution is -2.38. The summed E-state index contributed by atoms with van der Waals surface area (Å²) in [5, 5.41) is 5.08. The fourth-order valence-electron chi connectivity index (χ4n) is 1.70. The van der Waals surface area contributed by atoms with Gasteiger partial charge in [-0.2, -0.15) is 0 Å². The minimum Gasteiger partial charge on any atom is -0.333 e. The van der Waals surface area contributed by atoms with E-state index in [9.17, 15) is 9.59 Å². The molecule has 0 bridgehead atoms. The van der Waals surface area contributed by atoms with E-state index in [0.29, 0.717) is 24.0 Å². The standard InChI is InChI=1S/C14H23N3O2S/c1-4-5-13(19)17(8-6-11(2)3)10-12(18)16-14-15-7-9-20-14/h7,9,11H,4-6,8,10H2,1-3H3,(H,15,16,18). The topological polar surface area (TPSA) is 62.3 Å². The fourth-order valence-corrected chi connectivity index (χ4v) is 2.24. The number of amides is 2. The molecule has 1 rings (SSSR count). The second-order valence-electron chi connectivity index (χ2n) is 5.13. The van der Waals surface area contributed by atoms with Gasteiger partial charge in [-0.25, -0.2) is 4.98 Å². The van der Waals surface area contributed by atoms with Crippen molar-refractivity contribution in [2.75, 3.05) is 18.4 Å². The van der Waals surface area contributed by atoms with Crippen LogP contribution in [-0.2, 0) is 9.59 Å². The van der Waals surface area contributed by atoms with Gasteiger partial charge in [-0.05, 0) is 18.8 Å². The van der Waals surface area contributed by atoms with Crippen LogP contribution in [0.5, 0.6) is 0 Å². The van der Waals surface area contributed by atoms with Gasteiger partial charge in [-0.15, -0.1) is 11.3 Å². The van der Waals surface area contributed by atoms with Crippen LogP contribution in [0, 0.1) is 5.92 Å². The molecule has 0 aliphatic heterocycles. The summed E-state index contributed by atoms with van der Waals surface area (Å²) < 4.78 is 0. The third kappa shape index (κ3) is 6.14. The van der Waals surface area contributed by atoms with Crippen LogP contribution < -0.4 is 5.32 Å². The summed E-state index contributed by atoms with van der Waals surface area (Å²) in [6, 6.07) is 0. The highest BCUT2D eigenvalue weighted by atomic mass is 32.1. The molecular formula is C14H23N3O2S. The Balaban J connectivity index is 2.53. The zero-order chi connectivity index (χ0) is 15.0. The Bertz CT molecular complexity index is 418. The van der Waals surface area contributed by atoms with E-state index in [0.717, 1.165) is 12.8 Å². The van der Waals surface area contributed by atoms with Crippen LogP contribution in [0.1, 0.15) is 40.0 Å². The van der Waals surface area contributed by atoms with Crippen molar-refractivity contribution < 1.29 is 9.59 Å². The van der Waals surface area contributed by atoms with Gasteiger partial charge in [-0.1, -0.05) is 20.8 Å². The van der Waals surface area contributed by atoms with Crippen LogP contribution in [-0.4, -0.2) is 34.8 Å². The van der Waals surface area contributed by atoms with Gasteiger partial charge < -0.3 is 10.2 Å². The molecule has 0 aliphatic carbocycles. The highest BCUT2D eigenvalue weighted by Crippen LogP contribution is 2.11. The lowest BCUT2D eigenvalue weighted by atomic mass is 10.1. The second-order valence-corrected chi connectivity index (χ2v) is 6.03. The van der Waals surface area contributed by atoms with E-state index in [1.54, 1.807) is 16.5 Å². The molecule has 0 aliphatic rings. The molecule has 0 spiro atoms. The molecule has 0 atom stereocenters. The number of carbonyl (C=O) groups is 2. The number of carbonyl (C=O) groups excluding carboxylic acids is 2.